The van der Waals surface area contributed by atoms with Gasteiger partial charge in [-0.3, -0.25) is 4.79 Å². The maximum atomic E-state index is 12.0. The molecular formula is C10H8F3NO4. The van der Waals surface area contributed by atoms with Gasteiger partial charge < -0.3 is 15.2 Å². The monoisotopic (exact) mass is 263 g/mol. The molecule has 1 aromatic carbocycles. The van der Waals surface area contributed by atoms with Crippen molar-refractivity contribution in [3.05, 3.63) is 24.3 Å². The third kappa shape index (κ3) is 3.96. The van der Waals surface area contributed by atoms with Crippen molar-refractivity contribution in [2.45, 2.75) is 6.18 Å². The molecular weight excluding hydrogens is 255 g/mol. The first-order valence-corrected chi connectivity index (χ1v) is 4.62. The quantitative estimate of drug-likeness (QED) is 0.866. The van der Waals surface area contributed by atoms with Crippen LogP contribution in [0.15, 0.2) is 24.3 Å². The van der Waals surface area contributed by atoms with Crippen molar-refractivity contribution in [1.29, 1.82) is 0 Å². The van der Waals surface area contributed by atoms with Crippen LogP contribution < -0.4 is 10.1 Å². The van der Waals surface area contributed by atoms with E-state index in [2.05, 4.69) is 0 Å². The van der Waals surface area contributed by atoms with Crippen LogP contribution in [0.1, 0.15) is 0 Å². The number of carbonyl (C=O) groups excluding carboxylic acids is 1. The summed E-state index contributed by atoms with van der Waals surface area (Å²) in [5, 5.41) is 9.98. The van der Waals surface area contributed by atoms with Gasteiger partial charge in [0.1, 0.15) is 5.75 Å². The number of hydrogen-bond acceptors (Lipinski definition) is 3. The van der Waals surface area contributed by atoms with Crippen molar-refractivity contribution in [1.82, 2.24) is 0 Å². The van der Waals surface area contributed by atoms with Crippen LogP contribution in [0.3, 0.4) is 0 Å². The average molecular weight is 263 g/mol. The van der Waals surface area contributed by atoms with Crippen molar-refractivity contribution in [3.8, 4) is 5.75 Å². The van der Waals surface area contributed by atoms with Crippen molar-refractivity contribution in [3.63, 3.8) is 0 Å². The Kier molecular flexibility index (Phi) is 4.13. The van der Waals surface area contributed by atoms with Crippen LogP contribution in [0, 0.1) is 0 Å². The number of benzene rings is 1. The number of para-hydroxylation sites is 2. The number of alkyl halides is 3. The lowest BCUT2D eigenvalue weighted by Gasteiger charge is -2.12. The van der Waals surface area contributed by atoms with Gasteiger partial charge in [-0.25, -0.2) is 4.79 Å². The molecule has 0 spiro atoms. The van der Waals surface area contributed by atoms with Gasteiger partial charge in [-0.05, 0) is 12.1 Å². The molecule has 0 heterocycles. The fraction of sp³-hybridized carbons (Fsp3) is 0.200. The van der Waals surface area contributed by atoms with Gasteiger partial charge >= 0.3 is 18.1 Å². The Labute approximate surface area is 99.2 Å². The minimum atomic E-state index is -5.03. The summed E-state index contributed by atoms with van der Waals surface area (Å²) in [6.07, 6.45) is -5.03. The van der Waals surface area contributed by atoms with E-state index in [0.717, 1.165) is 0 Å². The second-order valence-corrected chi connectivity index (χ2v) is 3.13. The Morgan fingerprint density at radius 3 is 2.44 bits per heavy atom. The zero-order valence-electron chi connectivity index (χ0n) is 8.82. The van der Waals surface area contributed by atoms with E-state index in [1.54, 1.807) is 5.32 Å². The van der Waals surface area contributed by atoms with Crippen LogP contribution in [-0.2, 0) is 9.59 Å². The SMILES string of the molecule is O=C(O)COc1ccccc1NC(=O)C(F)(F)F. The second kappa shape index (κ2) is 5.39. The molecule has 1 aromatic rings. The summed E-state index contributed by atoms with van der Waals surface area (Å²) in [7, 11) is 0. The first-order chi connectivity index (χ1) is 8.30. The topological polar surface area (TPSA) is 75.6 Å². The molecule has 1 amide bonds. The van der Waals surface area contributed by atoms with Crippen molar-refractivity contribution >= 4 is 17.6 Å². The Bertz CT molecular complexity index is 459. The molecule has 0 aliphatic carbocycles. The molecule has 1 rings (SSSR count). The van der Waals surface area contributed by atoms with Gasteiger partial charge in [0.2, 0.25) is 0 Å². The van der Waals surface area contributed by atoms with Gasteiger partial charge in [-0.1, -0.05) is 12.1 Å². The number of carbonyl (C=O) groups is 2. The zero-order chi connectivity index (χ0) is 13.8. The highest BCUT2D eigenvalue weighted by Crippen LogP contribution is 2.26. The normalized spacial score (nSPS) is 10.8. The highest BCUT2D eigenvalue weighted by Gasteiger charge is 2.39. The number of aliphatic carboxylic acids is 1. The van der Waals surface area contributed by atoms with Crippen LogP contribution in [0.25, 0.3) is 0 Å². The van der Waals surface area contributed by atoms with Gasteiger partial charge in [0, 0.05) is 0 Å². The number of rotatable bonds is 4. The Morgan fingerprint density at radius 2 is 1.89 bits per heavy atom. The van der Waals surface area contributed by atoms with Gasteiger partial charge in [0.25, 0.3) is 0 Å². The van der Waals surface area contributed by atoms with E-state index in [1.165, 1.54) is 24.3 Å². The summed E-state index contributed by atoms with van der Waals surface area (Å²) in [6.45, 7) is -0.723. The van der Waals surface area contributed by atoms with E-state index < -0.39 is 24.7 Å². The molecule has 0 radical (unpaired) electrons. The van der Waals surface area contributed by atoms with Crippen LogP contribution >= 0.6 is 0 Å². The van der Waals surface area contributed by atoms with Crippen molar-refractivity contribution in [2.24, 2.45) is 0 Å². The largest absolute Gasteiger partial charge is 0.480 e. The molecule has 0 aliphatic heterocycles. The molecule has 18 heavy (non-hydrogen) atoms. The van der Waals surface area contributed by atoms with Gasteiger partial charge in [0.15, 0.2) is 6.61 Å². The maximum absolute atomic E-state index is 12.0. The highest BCUT2D eigenvalue weighted by atomic mass is 19.4. The molecule has 8 heteroatoms. The van der Waals surface area contributed by atoms with E-state index in [-0.39, 0.29) is 11.4 Å². The smallest absolute Gasteiger partial charge is 0.471 e. The zero-order valence-corrected chi connectivity index (χ0v) is 8.82. The predicted octanol–water partition coefficient (Wildman–Crippen LogP) is 1.65. The highest BCUT2D eigenvalue weighted by molar-refractivity contribution is 5.96. The van der Waals surface area contributed by atoms with E-state index in [0.29, 0.717) is 0 Å². The molecule has 2 N–H and O–H groups in total. The minimum Gasteiger partial charge on any atom is -0.480 e. The lowest BCUT2D eigenvalue weighted by atomic mass is 10.3. The summed E-state index contributed by atoms with van der Waals surface area (Å²) in [6, 6.07) is 5.22. The third-order valence-electron chi connectivity index (χ3n) is 1.74. The number of carboxylic acids is 1. The van der Waals surface area contributed by atoms with E-state index in [9.17, 15) is 22.8 Å². The first kappa shape index (κ1) is 13.8. The lowest BCUT2D eigenvalue weighted by Crippen LogP contribution is -2.30. The number of amides is 1. The molecule has 0 saturated heterocycles. The summed E-state index contributed by atoms with van der Waals surface area (Å²) < 4.78 is 40.8. The van der Waals surface area contributed by atoms with E-state index in [4.69, 9.17) is 9.84 Å². The molecule has 0 aromatic heterocycles. The standard InChI is InChI=1S/C10H8F3NO4/c11-10(12,13)9(17)14-6-3-1-2-4-7(6)18-5-8(15)16/h1-4H,5H2,(H,14,17)(H,15,16). The molecule has 0 atom stereocenters. The van der Waals surface area contributed by atoms with E-state index in [1.807, 2.05) is 0 Å². The Balaban J connectivity index is 2.82. The van der Waals surface area contributed by atoms with Crippen LogP contribution in [0.2, 0.25) is 0 Å². The number of hydrogen-bond donors (Lipinski definition) is 2. The molecule has 0 unspecified atom stereocenters. The van der Waals surface area contributed by atoms with Crippen molar-refractivity contribution < 1.29 is 32.6 Å². The van der Waals surface area contributed by atoms with Crippen molar-refractivity contribution in [2.75, 3.05) is 11.9 Å². The summed E-state index contributed by atoms with van der Waals surface area (Å²) in [5.74, 6) is -3.60. The lowest BCUT2D eigenvalue weighted by molar-refractivity contribution is -0.167. The summed E-state index contributed by atoms with van der Waals surface area (Å²) >= 11 is 0. The molecule has 0 saturated carbocycles. The molecule has 5 nitrogen and oxygen atoms in total. The second-order valence-electron chi connectivity index (χ2n) is 3.13. The minimum absolute atomic E-state index is 0.155. The van der Waals surface area contributed by atoms with Crippen LogP contribution in [0.5, 0.6) is 5.75 Å². The third-order valence-corrected chi connectivity index (χ3v) is 1.74. The maximum Gasteiger partial charge on any atom is 0.471 e. The van der Waals surface area contributed by atoms with Crippen LogP contribution in [-0.4, -0.2) is 29.8 Å². The summed E-state index contributed by atoms with van der Waals surface area (Å²) in [5.41, 5.74) is -0.249. The number of ether oxygens (including phenoxy) is 1. The van der Waals surface area contributed by atoms with Gasteiger partial charge in [-0.2, -0.15) is 13.2 Å². The molecule has 98 valence electrons. The number of nitrogens with one attached hydrogen (secondary N) is 1. The predicted molar refractivity (Wildman–Crippen MR) is 54.3 cm³/mol. The Hall–Kier alpha value is -2.25. The number of halogens is 3. The summed E-state index contributed by atoms with van der Waals surface area (Å²) in [4.78, 5) is 21.0. The van der Waals surface area contributed by atoms with E-state index >= 15 is 0 Å². The molecule has 0 fully saturated rings. The van der Waals surface area contributed by atoms with Crippen LogP contribution in [0.4, 0.5) is 18.9 Å². The first-order valence-electron chi connectivity index (χ1n) is 4.62. The average Bonchev–Trinajstić information content (AvgIpc) is 2.26. The number of anilines is 1. The van der Waals surface area contributed by atoms with Gasteiger partial charge in [-0.15, -0.1) is 0 Å². The molecule has 0 bridgehead atoms. The fourth-order valence-corrected chi connectivity index (χ4v) is 1.03. The Morgan fingerprint density at radius 1 is 1.28 bits per heavy atom. The van der Waals surface area contributed by atoms with Gasteiger partial charge in [0.05, 0.1) is 5.69 Å². The molecule has 0 aliphatic rings. The fourth-order valence-electron chi connectivity index (χ4n) is 1.03. The number of carboxylic acid groups (broad SMARTS) is 1.